The molecule has 0 aliphatic rings. The molecule has 1 aromatic heterocycles. The zero-order chi connectivity index (χ0) is 12.5. The Morgan fingerprint density at radius 3 is 3.18 bits per heavy atom. The summed E-state index contributed by atoms with van der Waals surface area (Å²) in [5.41, 5.74) is 6.05. The first-order chi connectivity index (χ1) is 8.26. The molecular weight excluding hydrogens is 238 g/mol. The molecule has 0 aromatic carbocycles. The number of carbonyl (C=O) groups is 1. The Morgan fingerprint density at radius 2 is 2.53 bits per heavy atom. The summed E-state index contributed by atoms with van der Waals surface area (Å²) in [7, 11) is 0. The van der Waals surface area contributed by atoms with Crippen molar-refractivity contribution in [2.45, 2.75) is 13.1 Å². The van der Waals surface area contributed by atoms with Gasteiger partial charge in [0, 0.05) is 18.8 Å². The smallest absolute Gasteiger partial charge is 0.241 e. The Labute approximate surface area is 104 Å². The molecule has 1 aromatic rings. The zero-order valence-electron chi connectivity index (χ0n) is 9.43. The number of aromatic nitrogens is 3. The first-order valence-electron chi connectivity index (χ1n) is 5.13. The molecule has 17 heavy (non-hydrogen) atoms. The van der Waals surface area contributed by atoms with Crippen molar-refractivity contribution < 1.29 is 4.79 Å². The molecule has 1 amide bonds. The molecule has 0 fully saturated rings. The second kappa shape index (κ2) is 7.70. The van der Waals surface area contributed by atoms with Crippen LogP contribution in [-0.2, 0) is 17.9 Å². The molecule has 0 saturated carbocycles. The first kappa shape index (κ1) is 13.5. The SMILES string of the molecule is C#CCSCCNC(=O)Cn1cc(CN)nn1. The highest BCUT2D eigenvalue weighted by Crippen LogP contribution is 1.95. The van der Waals surface area contributed by atoms with Crippen LogP contribution < -0.4 is 11.1 Å². The van der Waals surface area contributed by atoms with E-state index in [1.807, 2.05) is 0 Å². The number of nitrogens with one attached hydrogen (secondary N) is 1. The van der Waals surface area contributed by atoms with Crippen LogP contribution in [-0.4, -0.2) is 39.0 Å². The molecule has 0 bridgehead atoms. The number of nitrogens with zero attached hydrogens (tertiary/aromatic N) is 3. The molecule has 7 heteroatoms. The fourth-order valence-electron chi connectivity index (χ4n) is 1.11. The van der Waals surface area contributed by atoms with Gasteiger partial charge in [-0.2, -0.15) is 0 Å². The van der Waals surface area contributed by atoms with E-state index in [9.17, 15) is 4.79 Å². The third kappa shape index (κ3) is 5.38. The van der Waals surface area contributed by atoms with E-state index in [4.69, 9.17) is 12.2 Å². The quantitative estimate of drug-likeness (QED) is 0.492. The maximum atomic E-state index is 11.5. The van der Waals surface area contributed by atoms with Crippen LogP contribution in [0.5, 0.6) is 0 Å². The third-order valence-corrected chi connectivity index (χ3v) is 2.72. The zero-order valence-corrected chi connectivity index (χ0v) is 10.2. The average Bonchev–Trinajstić information content (AvgIpc) is 2.76. The first-order valence-corrected chi connectivity index (χ1v) is 6.28. The van der Waals surface area contributed by atoms with E-state index in [1.54, 1.807) is 18.0 Å². The summed E-state index contributed by atoms with van der Waals surface area (Å²) in [6, 6.07) is 0. The van der Waals surface area contributed by atoms with Gasteiger partial charge in [0.05, 0.1) is 17.6 Å². The van der Waals surface area contributed by atoms with Gasteiger partial charge in [0.1, 0.15) is 6.54 Å². The van der Waals surface area contributed by atoms with Crippen LogP contribution in [0.4, 0.5) is 0 Å². The van der Waals surface area contributed by atoms with Crippen LogP contribution in [0, 0.1) is 12.3 Å². The van der Waals surface area contributed by atoms with E-state index < -0.39 is 0 Å². The highest BCUT2D eigenvalue weighted by Gasteiger charge is 2.04. The van der Waals surface area contributed by atoms with Crippen LogP contribution in [0.25, 0.3) is 0 Å². The lowest BCUT2D eigenvalue weighted by Crippen LogP contribution is -2.29. The fraction of sp³-hybridized carbons (Fsp3) is 0.500. The van der Waals surface area contributed by atoms with Gasteiger partial charge in [-0.25, -0.2) is 4.68 Å². The van der Waals surface area contributed by atoms with Crippen LogP contribution in [0.15, 0.2) is 6.20 Å². The van der Waals surface area contributed by atoms with Crippen molar-refractivity contribution in [3.05, 3.63) is 11.9 Å². The normalized spacial score (nSPS) is 9.88. The van der Waals surface area contributed by atoms with Crippen molar-refractivity contribution in [3.63, 3.8) is 0 Å². The van der Waals surface area contributed by atoms with Gasteiger partial charge in [0.15, 0.2) is 0 Å². The minimum Gasteiger partial charge on any atom is -0.354 e. The predicted octanol–water partition coefficient (Wildman–Crippen LogP) is -0.781. The van der Waals surface area contributed by atoms with Gasteiger partial charge in [-0.3, -0.25) is 4.79 Å². The lowest BCUT2D eigenvalue weighted by molar-refractivity contribution is -0.121. The molecule has 0 saturated heterocycles. The number of rotatable bonds is 7. The topological polar surface area (TPSA) is 85.8 Å². The van der Waals surface area contributed by atoms with Crippen molar-refractivity contribution in [2.24, 2.45) is 5.73 Å². The fourth-order valence-corrected chi connectivity index (χ4v) is 1.61. The Kier molecular flexibility index (Phi) is 6.14. The maximum absolute atomic E-state index is 11.5. The second-order valence-corrected chi connectivity index (χ2v) is 4.32. The van der Waals surface area contributed by atoms with Crippen molar-refractivity contribution in [3.8, 4) is 12.3 Å². The standard InChI is InChI=1S/C10H15N5OS/c1-2-4-17-5-3-12-10(16)8-15-7-9(6-11)13-14-15/h1,7H,3-6,8,11H2,(H,12,16). The molecule has 0 aliphatic heterocycles. The molecule has 1 heterocycles. The highest BCUT2D eigenvalue weighted by atomic mass is 32.2. The van der Waals surface area contributed by atoms with E-state index in [2.05, 4.69) is 21.5 Å². The molecule has 0 spiro atoms. The van der Waals surface area contributed by atoms with Gasteiger partial charge < -0.3 is 11.1 Å². The summed E-state index contributed by atoms with van der Waals surface area (Å²) in [6.07, 6.45) is 6.76. The number of hydrogen-bond donors (Lipinski definition) is 2. The Balaban J connectivity index is 2.18. The predicted molar refractivity (Wildman–Crippen MR) is 67.1 cm³/mol. The van der Waals surface area contributed by atoms with Crippen LogP contribution in [0.3, 0.4) is 0 Å². The molecule has 0 unspecified atom stereocenters. The Hall–Kier alpha value is -1.52. The van der Waals surface area contributed by atoms with E-state index in [1.165, 1.54) is 4.68 Å². The minimum absolute atomic E-state index is 0.0974. The number of amides is 1. The van der Waals surface area contributed by atoms with E-state index in [0.29, 0.717) is 24.5 Å². The summed E-state index contributed by atoms with van der Waals surface area (Å²) in [6.45, 7) is 1.08. The summed E-state index contributed by atoms with van der Waals surface area (Å²) in [5, 5.41) is 10.3. The Bertz CT molecular complexity index is 398. The second-order valence-electron chi connectivity index (χ2n) is 3.22. The van der Waals surface area contributed by atoms with Crippen molar-refractivity contribution in [1.29, 1.82) is 0 Å². The number of nitrogens with two attached hydrogens (primary N) is 1. The monoisotopic (exact) mass is 253 g/mol. The average molecular weight is 253 g/mol. The maximum Gasteiger partial charge on any atom is 0.241 e. The number of thioether (sulfide) groups is 1. The third-order valence-electron chi connectivity index (χ3n) is 1.85. The van der Waals surface area contributed by atoms with Gasteiger partial charge in [-0.1, -0.05) is 11.1 Å². The van der Waals surface area contributed by atoms with Crippen LogP contribution in [0.2, 0.25) is 0 Å². The lowest BCUT2D eigenvalue weighted by atomic mass is 10.5. The molecule has 0 aliphatic carbocycles. The molecule has 1 rings (SSSR count). The number of carbonyl (C=O) groups excluding carboxylic acids is 1. The molecule has 0 atom stereocenters. The van der Waals surface area contributed by atoms with Gasteiger partial charge in [0.25, 0.3) is 0 Å². The number of terminal acetylenes is 1. The largest absolute Gasteiger partial charge is 0.354 e. The summed E-state index contributed by atoms with van der Waals surface area (Å²) in [5.74, 6) is 3.90. The summed E-state index contributed by atoms with van der Waals surface area (Å²) < 4.78 is 1.46. The molecule has 92 valence electrons. The Morgan fingerprint density at radius 1 is 1.71 bits per heavy atom. The summed E-state index contributed by atoms with van der Waals surface area (Å²) >= 11 is 1.61. The van der Waals surface area contributed by atoms with Gasteiger partial charge in [-0.15, -0.1) is 23.3 Å². The van der Waals surface area contributed by atoms with E-state index in [0.717, 1.165) is 5.75 Å². The van der Waals surface area contributed by atoms with Crippen LogP contribution >= 0.6 is 11.8 Å². The summed E-state index contributed by atoms with van der Waals surface area (Å²) in [4.78, 5) is 11.5. The van der Waals surface area contributed by atoms with Gasteiger partial charge in [0.2, 0.25) is 5.91 Å². The number of hydrogen-bond acceptors (Lipinski definition) is 5. The minimum atomic E-state index is -0.0974. The van der Waals surface area contributed by atoms with Gasteiger partial charge in [-0.05, 0) is 0 Å². The molecule has 6 nitrogen and oxygen atoms in total. The lowest BCUT2D eigenvalue weighted by Gasteiger charge is -2.03. The van der Waals surface area contributed by atoms with Crippen molar-refractivity contribution >= 4 is 17.7 Å². The van der Waals surface area contributed by atoms with E-state index in [-0.39, 0.29) is 12.5 Å². The van der Waals surface area contributed by atoms with Gasteiger partial charge >= 0.3 is 0 Å². The van der Waals surface area contributed by atoms with E-state index >= 15 is 0 Å². The van der Waals surface area contributed by atoms with Crippen molar-refractivity contribution in [2.75, 3.05) is 18.1 Å². The molecule has 0 radical (unpaired) electrons. The highest BCUT2D eigenvalue weighted by molar-refractivity contribution is 7.99. The van der Waals surface area contributed by atoms with Crippen molar-refractivity contribution in [1.82, 2.24) is 20.3 Å². The molecule has 3 N–H and O–H groups in total. The van der Waals surface area contributed by atoms with Crippen LogP contribution in [0.1, 0.15) is 5.69 Å². The molecular formula is C10H15N5OS.